The molecular formula is C22H23FN2OS. The van der Waals surface area contributed by atoms with Crippen LogP contribution in [0.15, 0.2) is 58.5 Å². The van der Waals surface area contributed by atoms with E-state index in [0.717, 1.165) is 16.8 Å². The summed E-state index contributed by atoms with van der Waals surface area (Å²) in [6, 6.07) is 14.9. The van der Waals surface area contributed by atoms with Crippen LogP contribution in [0.2, 0.25) is 0 Å². The molecule has 27 heavy (non-hydrogen) atoms. The minimum Gasteiger partial charge on any atom is -0.291 e. The zero-order valence-corrected chi connectivity index (χ0v) is 16.6. The van der Waals surface area contributed by atoms with Crippen molar-refractivity contribution in [3.05, 3.63) is 92.6 Å². The minimum atomic E-state index is -0.234. The molecule has 3 nitrogen and oxygen atoms in total. The fraction of sp³-hybridized carbons (Fsp3) is 0.273. The van der Waals surface area contributed by atoms with E-state index in [1.807, 2.05) is 38.1 Å². The lowest BCUT2D eigenvalue weighted by molar-refractivity contribution is 0.617. The van der Waals surface area contributed by atoms with E-state index in [4.69, 9.17) is 4.98 Å². The van der Waals surface area contributed by atoms with Gasteiger partial charge in [-0.2, -0.15) is 0 Å². The van der Waals surface area contributed by atoms with Crippen LogP contribution in [0.1, 0.15) is 34.9 Å². The molecule has 0 aliphatic rings. The largest absolute Gasteiger partial charge is 0.291 e. The van der Waals surface area contributed by atoms with E-state index in [1.165, 1.54) is 23.4 Å². The van der Waals surface area contributed by atoms with E-state index in [0.29, 0.717) is 29.3 Å². The number of aryl methyl sites for hydroxylation is 2. The highest BCUT2D eigenvalue weighted by molar-refractivity contribution is 7.98. The van der Waals surface area contributed by atoms with Gasteiger partial charge in [-0.15, -0.1) is 0 Å². The number of benzene rings is 2. The van der Waals surface area contributed by atoms with E-state index in [2.05, 4.69) is 6.07 Å². The second-order valence-corrected chi connectivity index (χ2v) is 7.53. The Morgan fingerprint density at radius 1 is 1.15 bits per heavy atom. The van der Waals surface area contributed by atoms with E-state index in [9.17, 15) is 9.18 Å². The Labute approximate surface area is 163 Å². The number of rotatable bonds is 6. The second kappa shape index (κ2) is 8.53. The lowest BCUT2D eigenvalue weighted by atomic mass is 10.0. The van der Waals surface area contributed by atoms with Crippen molar-refractivity contribution < 1.29 is 4.39 Å². The van der Waals surface area contributed by atoms with Gasteiger partial charge in [0.2, 0.25) is 0 Å². The van der Waals surface area contributed by atoms with Gasteiger partial charge in [-0.25, -0.2) is 9.37 Å². The maximum Gasteiger partial charge on any atom is 0.257 e. The SMILES string of the molecule is CCc1nc(SCc2ccccc2F)n(C)c(=O)c1Cc1cccc(C)c1. The summed E-state index contributed by atoms with van der Waals surface area (Å²) in [7, 11) is 1.73. The molecule has 0 aliphatic heterocycles. The van der Waals surface area contributed by atoms with Crippen LogP contribution in [-0.2, 0) is 25.6 Å². The Balaban J connectivity index is 1.90. The van der Waals surface area contributed by atoms with Crippen molar-refractivity contribution in [1.29, 1.82) is 0 Å². The molecule has 3 aromatic rings. The summed E-state index contributed by atoms with van der Waals surface area (Å²) in [6.45, 7) is 4.05. The van der Waals surface area contributed by atoms with Crippen LogP contribution < -0.4 is 5.56 Å². The first kappa shape index (κ1) is 19.4. The maximum absolute atomic E-state index is 13.9. The summed E-state index contributed by atoms with van der Waals surface area (Å²) < 4.78 is 15.4. The van der Waals surface area contributed by atoms with Crippen LogP contribution in [0.4, 0.5) is 4.39 Å². The normalized spacial score (nSPS) is 11.0. The van der Waals surface area contributed by atoms with Gasteiger partial charge in [-0.1, -0.05) is 66.7 Å². The second-order valence-electron chi connectivity index (χ2n) is 6.58. The average Bonchev–Trinajstić information content (AvgIpc) is 2.66. The average molecular weight is 383 g/mol. The van der Waals surface area contributed by atoms with Gasteiger partial charge in [0.1, 0.15) is 5.82 Å². The molecule has 1 aromatic heterocycles. The van der Waals surface area contributed by atoms with Crippen molar-refractivity contribution in [2.75, 3.05) is 0 Å². The van der Waals surface area contributed by atoms with Crippen molar-refractivity contribution in [2.24, 2.45) is 7.05 Å². The fourth-order valence-corrected chi connectivity index (χ4v) is 4.02. The summed E-state index contributed by atoms with van der Waals surface area (Å²) in [6.07, 6.45) is 1.26. The molecule has 5 heteroatoms. The van der Waals surface area contributed by atoms with Gasteiger partial charge in [0.05, 0.1) is 5.69 Å². The third-order valence-corrected chi connectivity index (χ3v) is 5.62. The van der Waals surface area contributed by atoms with Crippen molar-refractivity contribution >= 4 is 11.8 Å². The Morgan fingerprint density at radius 2 is 1.93 bits per heavy atom. The molecule has 0 spiro atoms. The first-order valence-electron chi connectivity index (χ1n) is 9.00. The molecule has 0 N–H and O–H groups in total. The van der Waals surface area contributed by atoms with Crippen LogP contribution >= 0.6 is 11.8 Å². The molecule has 0 radical (unpaired) electrons. The Morgan fingerprint density at radius 3 is 2.63 bits per heavy atom. The van der Waals surface area contributed by atoms with Gasteiger partial charge in [0.15, 0.2) is 5.16 Å². The Hall–Kier alpha value is -2.40. The molecule has 0 bridgehead atoms. The molecule has 2 aromatic carbocycles. The number of nitrogens with zero attached hydrogens (tertiary/aromatic N) is 2. The van der Waals surface area contributed by atoms with Crippen LogP contribution in [0, 0.1) is 12.7 Å². The van der Waals surface area contributed by atoms with Crippen molar-refractivity contribution in [3.8, 4) is 0 Å². The number of aromatic nitrogens is 2. The number of hydrogen-bond donors (Lipinski definition) is 0. The van der Waals surface area contributed by atoms with Crippen LogP contribution in [0.25, 0.3) is 0 Å². The summed E-state index contributed by atoms with van der Waals surface area (Å²) in [4.78, 5) is 17.7. The summed E-state index contributed by atoms with van der Waals surface area (Å²) in [5.41, 5.74) is 4.41. The van der Waals surface area contributed by atoms with Crippen molar-refractivity contribution in [2.45, 2.75) is 37.6 Å². The van der Waals surface area contributed by atoms with Gasteiger partial charge in [-0.3, -0.25) is 9.36 Å². The molecule has 0 aliphatic carbocycles. The van der Waals surface area contributed by atoms with Gasteiger partial charge in [0.25, 0.3) is 5.56 Å². The number of hydrogen-bond acceptors (Lipinski definition) is 3. The van der Waals surface area contributed by atoms with E-state index in [-0.39, 0.29) is 11.4 Å². The van der Waals surface area contributed by atoms with Gasteiger partial charge in [-0.05, 0) is 30.5 Å². The zero-order valence-electron chi connectivity index (χ0n) is 15.8. The van der Waals surface area contributed by atoms with Gasteiger partial charge < -0.3 is 0 Å². The topological polar surface area (TPSA) is 34.9 Å². The Bertz CT molecular complexity index is 1010. The molecular weight excluding hydrogens is 359 g/mol. The highest BCUT2D eigenvalue weighted by atomic mass is 32.2. The fourth-order valence-electron chi connectivity index (χ4n) is 3.05. The lowest BCUT2D eigenvalue weighted by Crippen LogP contribution is -2.26. The first-order chi connectivity index (χ1) is 13.0. The molecule has 0 fully saturated rings. The monoisotopic (exact) mass is 382 g/mol. The maximum atomic E-state index is 13.9. The predicted octanol–water partition coefficient (Wildman–Crippen LogP) is 4.67. The van der Waals surface area contributed by atoms with Crippen molar-refractivity contribution in [1.82, 2.24) is 9.55 Å². The molecule has 0 saturated carbocycles. The predicted molar refractivity (Wildman–Crippen MR) is 109 cm³/mol. The number of thioether (sulfide) groups is 1. The third-order valence-electron chi connectivity index (χ3n) is 4.54. The Kier molecular flexibility index (Phi) is 6.11. The zero-order chi connectivity index (χ0) is 19.4. The van der Waals surface area contributed by atoms with E-state index < -0.39 is 0 Å². The van der Waals surface area contributed by atoms with E-state index in [1.54, 1.807) is 23.7 Å². The number of halogens is 1. The smallest absolute Gasteiger partial charge is 0.257 e. The first-order valence-corrected chi connectivity index (χ1v) is 9.98. The standard InChI is InChI=1S/C22H23FN2OS/c1-4-20-18(13-16-9-7-8-15(2)12-16)21(26)25(3)22(24-20)27-14-17-10-5-6-11-19(17)23/h5-12H,4,13-14H2,1-3H3. The van der Waals surface area contributed by atoms with Gasteiger partial charge >= 0.3 is 0 Å². The summed E-state index contributed by atoms with van der Waals surface area (Å²) in [5.74, 6) is 0.203. The molecule has 0 unspecified atom stereocenters. The molecule has 1 heterocycles. The molecule has 0 saturated heterocycles. The van der Waals surface area contributed by atoms with Crippen LogP contribution in [0.5, 0.6) is 0 Å². The minimum absolute atomic E-state index is 0.0283. The lowest BCUT2D eigenvalue weighted by Gasteiger charge is -2.14. The van der Waals surface area contributed by atoms with Crippen LogP contribution in [0.3, 0.4) is 0 Å². The van der Waals surface area contributed by atoms with E-state index >= 15 is 0 Å². The molecule has 140 valence electrons. The van der Waals surface area contributed by atoms with Crippen molar-refractivity contribution in [3.63, 3.8) is 0 Å². The quantitative estimate of drug-likeness (QED) is 0.459. The highest BCUT2D eigenvalue weighted by Gasteiger charge is 2.15. The molecule has 0 amide bonds. The highest BCUT2D eigenvalue weighted by Crippen LogP contribution is 2.23. The molecule has 3 rings (SSSR count). The third kappa shape index (κ3) is 4.48. The molecule has 0 atom stereocenters. The van der Waals surface area contributed by atoms with Gasteiger partial charge in [0, 0.05) is 24.8 Å². The summed E-state index contributed by atoms with van der Waals surface area (Å²) >= 11 is 1.39. The summed E-state index contributed by atoms with van der Waals surface area (Å²) in [5, 5.41) is 0.619. The van der Waals surface area contributed by atoms with Crippen LogP contribution in [-0.4, -0.2) is 9.55 Å².